The molecule has 2 aliphatic carbocycles. The molecule has 0 heteroatoms. The average molecular weight is 164 g/mol. The molecule has 0 saturated heterocycles. The summed E-state index contributed by atoms with van der Waals surface area (Å²) in [5, 5.41) is 0. The van der Waals surface area contributed by atoms with Crippen LogP contribution in [0.4, 0.5) is 0 Å². The summed E-state index contributed by atoms with van der Waals surface area (Å²) in [4.78, 5) is 0. The molecular weight excluding hydrogens is 144 g/mol. The van der Waals surface area contributed by atoms with Gasteiger partial charge in [0.15, 0.2) is 0 Å². The molecule has 68 valence electrons. The summed E-state index contributed by atoms with van der Waals surface area (Å²) in [6.45, 7) is 6.75. The first-order valence-electron chi connectivity index (χ1n) is 5.42. The Kier molecular flexibility index (Phi) is 2.02. The van der Waals surface area contributed by atoms with Crippen LogP contribution in [0.1, 0.15) is 51.9 Å². The van der Waals surface area contributed by atoms with Gasteiger partial charge in [0.05, 0.1) is 0 Å². The maximum absolute atomic E-state index is 4.31. The lowest BCUT2D eigenvalue weighted by atomic mass is 9.70. The van der Waals surface area contributed by atoms with E-state index in [1.54, 1.807) is 5.57 Å². The summed E-state index contributed by atoms with van der Waals surface area (Å²) < 4.78 is 0. The predicted molar refractivity (Wildman–Crippen MR) is 53.1 cm³/mol. The van der Waals surface area contributed by atoms with Crippen LogP contribution < -0.4 is 0 Å². The van der Waals surface area contributed by atoms with Crippen molar-refractivity contribution in [2.75, 3.05) is 0 Å². The number of allylic oxidation sites excluding steroid dienone is 1. The Morgan fingerprint density at radius 2 is 1.75 bits per heavy atom. The van der Waals surface area contributed by atoms with Crippen LogP contribution in [-0.4, -0.2) is 0 Å². The maximum atomic E-state index is 4.31. The van der Waals surface area contributed by atoms with Crippen molar-refractivity contribution in [2.45, 2.75) is 51.9 Å². The van der Waals surface area contributed by atoms with Gasteiger partial charge >= 0.3 is 0 Å². The van der Waals surface area contributed by atoms with Crippen molar-refractivity contribution in [1.82, 2.24) is 0 Å². The third-order valence-electron chi connectivity index (χ3n) is 3.80. The van der Waals surface area contributed by atoms with Gasteiger partial charge in [0.2, 0.25) is 0 Å². The summed E-state index contributed by atoms with van der Waals surface area (Å²) in [6, 6.07) is 0. The molecule has 12 heavy (non-hydrogen) atoms. The Labute approximate surface area is 76.1 Å². The first-order valence-corrected chi connectivity index (χ1v) is 5.42. The molecule has 0 aliphatic heterocycles. The molecule has 0 heterocycles. The van der Waals surface area contributed by atoms with Crippen molar-refractivity contribution in [2.24, 2.45) is 11.3 Å². The molecule has 0 radical (unpaired) electrons. The van der Waals surface area contributed by atoms with E-state index in [4.69, 9.17) is 0 Å². The highest BCUT2D eigenvalue weighted by Crippen LogP contribution is 2.50. The third-order valence-corrected chi connectivity index (χ3v) is 3.80. The quantitative estimate of drug-likeness (QED) is 0.543. The zero-order valence-corrected chi connectivity index (χ0v) is 8.23. The van der Waals surface area contributed by atoms with Crippen molar-refractivity contribution in [3.8, 4) is 0 Å². The van der Waals surface area contributed by atoms with E-state index in [1.165, 1.54) is 44.9 Å². The fraction of sp³-hybridized carbons (Fsp3) is 0.833. The summed E-state index contributed by atoms with van der Waals surface area (Å²) in [6.07, 6.45) is 9.98. The molecule has 2 fully saturated rings. The molecule has 0 N–H and O–H groups in total. The van der Waals surface area contributed by atoms with Crippen LogP contribution in [0.15, 0.2) is 12.2 Å². The fourth-order valence-electron chi connectivity index (χ4n) is 2.58. The first-order chi connectivity index (χ1) is 5.72. The van der Waals surface area contributed by atoms with Crippen LogP contribution >= 0.6 is 0 Å². The SMILES string of the molecule is C=C(C1CC1)C1(C)CCCCC1. The molecule has 0 atom stereocenters. The molecule has 2 saturated carbocycles. The van der Waals surface area contributed by atoms with E-state index < -0.39 is 0 Å². The molecule has 0 spiro atoms. The summed E-state index contributed by atoms with van der Waals surface area (Å²) in [5.74, 6) is 0.910. The minimum absolute atomic E-state index is 0.527. The number of hydrogen-bond acceptors (Lipinski definition) is 0. The first kappa shape index (κ1) is 8.34. The van der Waals surface area contributed by atoms with Crippen molar-refractivity contribution >= 4 is 0 Å². The van der Waals surface area contributed by atoms with Gasteiger partial charge in [0, 0.05) is 0 Å². The second-order valence-electron chi connectivity index (χ2n) is 4.92. The van der Waals surface area contributed by atoms with E-state index in [0.29, 0.717) is 5.41 Å². The number of rotatable bonds is 2. The van der Waals surface area contributed by atoms with Crippen LogP contribution in [0.2, 0.25) is 0 Å². The minimum atomic E-state index is 0.527. The second-order valence-corrected chi connectivity index (χ2v) is 4.92. The largest absolute Gasteiger partial charge is 0.0990 e. The molecule has 0 amide bonds. The Balaban J connectivity index is 2.01. The van der Waals surface area contributed by atoms with E-state index in [-0.39, 0.29) is 0 Å². The van der Waals surface area contributed by atoms with E-state index in [9.17, 15) is 0 Å². The van der Waals surface area contributed by atoms with E-state index in [2.05, 4.69) is 13.5 Å². The van der Waals surface area contributed by atoms with Gasteiger partial charge in [0.1, 0.15) is 0 Å². The predicted octanol–water partition coefficient (Wildman–Crippen LogP) is 3.92. The van der Waals surface area contributed by atoms with Crippen LogP contribution in [-0.2, 0) is 0 Å². The Morgan fingerprint density at radius 3 is 2.25 bits per heavy atom. The molecule has 0 bridgehead atoms. The maximum Gasteiger partial charge on any atom is -0.0116 e. The molecule has 0 unspecified atom stereocenters. The summed E-state index contributed by atoms with van der Waals surface area (Å²) in [7, 11) is 0. The average Bonchev–Trinajstić information content (AvgIpc) is 2.87. The van der Waals surface area contributed by atoms with E-state index in [0.717, 1.165) is 5.92 Å². The van der Waals surface area contributed by atoms with Crippen molar-refractivity contribution in [3.05, 3.63) is 12.2 Å². The summed E-state index contributed by atoms with van der Waals surface area (Å²) >= 11 is 0. The van der Waals surface area contributed by atoms with Crippen molar-refractivity contribution < 1.29 is 0 Å². The van der Waals surface area contributed by atoms with Gasteiger partial charge in [0.25, 0.3) is 0 Å². The van der Waals surface area contributed by atoms with Crippen molar-refractivity contribution in [3.63, 3.8) is 0 Å². The molecule has 0 nitrogen and oxygen atoms in total. The Hall–Kier alpha value is -0.260. The Morgan fingerprint density at radius 1 is 1.17 bits per heavy atom. The zero-order chi connectivity index (χ0) is 8.60. The van der Waals surface area contributed by atoms with E-state index >= 15 is 0 Å². The number of hydrogen-bond donors (Lipinski definition) is 0. The lowest BCUT2D eigenvalue weighted by Gasteiger charge is -2.35. The normalized spacial score (nSPS) is 28.4. The summed E-state index contributed by atoms with van der Waals surface area (Å²) in [5.41, 5.74) is 2.11. The molecule has 2 rings (SSSR count). The minimum Gasteiger partial charge on any atom is -0.0990 e. The monoisotopic (exact) mass is 164 g/mol. The van der Waals surface area contributed by atoms with Crippen LogP contribution in [0.5, 0.6) is 0 Å². The van der Waals surface area contributed by atoms with Gasteiger partial charge in [-0.2, -0.15) is 0 Å². The standard InChI is InChI=1S/C12H20/c1-10(11-6-7-11)12(2)8-4-3-5-9-12/h11H,1,3-9H2,2H3. The molecule has 0 aromatic rings. The lowest BCUT2D eigenvalue weighted by Crippen LogP contribution is -2.23. The van der Waals surface area contributed by atoms with Crippen LogP contribution in [0.25, 0.3) is 0 Å². The van der Waals surface area contributed by atoms with Crippen LogP contribution in [0, 0.1) is 11.3 Å². The zero-order valence-electron chi connectivity index (χ0n) is 8.23. The van der Waals surface area contributed by atoms with Gasteiger partial charge in [-0.1, -0.05) is 38.3 Å². The highest BCUT2D eigenvalue weighted by Gasteiger charge is 2.37. The molecular formula is C12H20. The fourth-order valence-corrected chi connectivity index (χ4v) is 2.58. The van der Waals surface area contributed by atoms with Gasteiger partial charge in [-0.15, -0.1) is 0 Å². The van der Waals surface area contributed by atoms with Crippen LogP contribution in [0.3, 0.4) is 0 Å². The lowest BCUT2D eigenvalue weighted by molar-refractivity contribution is 0.258. The molecule has 2 aliphatic rings. The van der Waals surface area contributed by atoms with Gasteiger partial charge in [-0.3, -0.25) is 0 Å². The van der Waals surface area contributed by atoms with Gasteiger partial charge in [-0.05, 0) is 37.0 Å². The molecule has 0 aromatic carbocycles. The van der Waals surface area contributed by atoms with Gasteiger partial charge < -0.3 is 0 Å². The second kappa shape index (κ2) is 2.90. The van der Waals surface area contributed by atoms with Crippen molar-refractivity contribution in [1.29, 1.82) is 0 Å². The third kappa shape index (κ3) is 1.44. The van der Waals surface area contributed by atoms with E-state index in [1.807, 2.05) is 0 Å². The smallest absolute Gasteiger partial charge is 0.0116 e. The highest BCUT2D eigenvalue weighted by atomic mass is 14.4. The Bertz CT molecular complexity index is 180. The molecule has 0 aromatic heterocycles. The topological polar surface area (TPSA) is 0 Å². The highest BCUT2D eigenvalue weighted by molar-refractivity contribution is 5.17. The van der Waals surface area contributed by atoms with Gasteiger partial charge in [-0.25, -0.2) is 0 Å².